The topological polar surface area (TPSA) is 69.5 Å². The van der Waals surface area contributed by atoms with E-state index in [1.165, 1.54) is 18.4 Å². The summed E-state index contributed by atoms with van der Waals surface area (Å²) in [4.78, 5) is 16.4. The zero-order chi connectivity index (χ0) is 19.5. The van der Waals surface area contributed by atoms with E-state index in [1.54, 1.807) is 12.1 Å². The molecule has 5 nitrogen and oxygen atoms in total. The predicted octanol–water partition coefficient (Wildman–Crippen LogP) is 4.15. The maximum absolute atomic E-state index is 11.3. The van der Waals surface area contributed by atoms with Gasteiger partial charge in [-0.1, -0.05) is 41.9 Å². The number of nitrogens with zero attached hydrogens (tertiary/aromatic N) is 1. The molecule has 1 saturated heterocycles. The number of piperidine rings is 1. The van der Waals surface area contributed by atoms with E-state index in [0.29, 0.717) is 34.0 Å². The van der Waals surface area contributed by atoms with Crippen molar-refractivity contribution in [2.75, 3.05) is 19.6 Å². The van der Waals surface area contributed by atoms with Crippen molar-refractivity contribution in [1.82, 2.24) is 9.88 Å². The lowest BCUT2D eigenvalue weighted by atomic mass is 9.91. The molecule has 2 heterocycles. The Morgan fingerprint density at radius 2 is 2.11 bits per heavy atom. The standard InChI is InChI=1S/C22H25ClN2O3/c23-18-13-19-21(28-22(27)24-19)12-17(18)20(26)8-10-25-9-4-7-16(14-25)11-15-5-2-1-3-6-15/h1-3,5-6,12-13,16,20,26H,4,7-11,14H2,(H,24,27)/t16-,20?/m1/s1. The zero-order valence-electron chi connectivity index (χ0n) is 15.7. The number of H-pyrrole nitrogens is 1. The molecule has 0 spiro atoms. The lowest BCUT2D eigenvalue weighted by Crippen LogP contribution is -2.37. The van der Waals surface area contributed by atoms with Crippen molar-refractivity contribution in [1.29, 1.82) is 0 Å². The second-order valence-electron chi connectivity index (χ2n) is 7.69. The van der Waals surface area contributed by atoms with Crippen LogP contribution in [0.2, 0.25) is 5.02 Å². The highest BCUT2D eigenvalue weighted by Gasteiger charge is 2.22. The van der Waals surface area contributed by atoms with Crippen molar-refractivity contribution in [3.63, 3.8) is 0 Å². The van der Waals surface area contributed by atoms with Gasteiger partial charge in [-0.05, 0) is 55.8 Å². The summed E-state index contributed by atoms with van der Waals surface area (Å²) in [7, 11) is 0. The highest BCUT2D eigenvalue weighted by molar-refractivity contribution is 6.32. The number of aromatic nitrogens is 1. The van der Waals surface area contributed by atoms with Crippen LogP contribution in [-0.2, 0) is 6.42 Å². The van der Waals surface area contributed by atoms with E-state index >= 15 is 0 Å². The molecule has 0 amide bonds. The first-order valence-electron chi connectivity index (χ1n) is 9.85. The number of oxazole rings is 1. The van der Waals surface area contributed by atoms with Crippen LogP contribution in [0.3, 0.4) is 0 Å². The SMILES string of the molecule is O=c1[nH]c2cc(Cl)c(C(O)CCN3CCC[C@H](Cc4ccccc4)C3)cc2o1. The van der Waals surface area contributed by atoms with E-state index < -0.39 is 11.9 Å². The fourth-order valence-corrected chi connectivity index (χ4v) is 4.46. The van der Waals surface area contributed by atoms with Gasteiger partial charge in [-0.2, -0.15) is 0 Å². The van der Waals surface area contributed by atoms with Crippen LogP contribution >= 0.6 is 11.6 Å². The first-order chi connectivity index (χ1) is 13.6. The Morgan fingerprint density at radius 1 is 1.29 bits per heavy atom. The van der Waals surface area contributed by atoms with Crippen LogP contribution in [0.25, 0.3) is 11.1 Å². The van der Waals surface area contributed by atoms with Gasteiger partial charge in [0.25, 0.3) is 0 Å². The normalized spacial score (nSPS) is 19.1. The van der Waals surface area contributed by atoms with Crippen molar-refractivity contribution in [2.45, 2.75) is 31.8 Å². The maximum Gasteiger partial charge on any atom is 0.417 e. The highest BCUT2D eigenvalue weighted by Crippen LogP contribution is 2.30. The van der Waals surface area contributed by atoms with Gasteiger partial charge in [0.1, 0.15) is 0 Å². The average Bonchev–Trinajstić information content (AvgIpc) is 3.05. The van der Waals surface area contributed by atoms with Gasteiger partial charge in [0, 0.05) is 23.7 Å². The highest BCUT2D eigenvalue weighted by atomic mass is 35.5. The van der Waals surface area contributed by atoms with Crippen molar-refractivity contribution < 1.29 is 9.52 Å². The Balaban J connectivity index is 1.36. The van der Waals surface area contributed by atoms with Crippen LogP contribution in [0.15, 0.2) is 51.7 Å². The molecule has 3 aromatic rings. The van der Waals surface area contributed by atoms with E-state index in [4.69, 9.17) is 16.0 Å². The summed E-state index contributed by atoms with van der Waals surface area (Å²) < 4.78 is 5.09. The number of rotatable bonds is 6. The number of aliphatic hydroxyl groups is 1. The van der Waals surface area contributed by atoms with E-state index in [-0.39, 0.29) is 0 Å². The monoisotopic (exact) mass is 400 g/mol. The number of aliphatic hydroxyl groups excluding tert-OH is 1. The molecule has 1 aliphatic heterocycles. The van der Waals surface area contributed by atoms with E-state index in [2.05, 4.69) is 40.2 Å². The summed E-state index contributed by atoms with van der Waals surface area (Å²) in [5.74, 6) is 0.137. The summed E-state index contributed by atoms with van der Waals surface area (Å²) in [6.45, 7) is 2.94. The molecule has 2 aromatic carbocycles. The first-order valence-corrected chi connectivity index (χ1v) is 10.2. The Kier molecular flexibility index (Phi) is 5.85. The van der Waals surface area contributed by atoms with Crippen molar-refractivity contribution in [2.24, 2.45) is 5.92 Å². The molecule has 1 unspecified atom stereocenters. The number of benzene rings is 2. The maximum atomic E-state index is 11.3. The number of hydrogen-bond acceptors (Lipinski definition) is 4. The number of aromatic amines is 1. The zero-order valence-corrected chi connectivity index (χ0v) is 16.5. The van der Waals surface area contributed by atoms with Crippen LogP contribution in [0.1, 0.15) is 36.5 Å². The summed E-state index contributed by atoms with van der Waals surface area (Å²) >= 11 is 6.31. The molecule has 0 radical (unpaired) electrons. The minimum atomic E-state index is -0.688. The second-order valence-corrected chi connectivity index (χ2v) is 8.09. The Labute approximate surface area is 168 Å². The minimum Gasteiger partial charge on any atom is -0.408 e. The van der Waals surface area contributed by atoms with Gasteiger partial charge < -0.3 is 14.4 Å². The molecule has 148 valence electrons. The molecular formula is C22H25ClN2O3. The van der Waals surface area contributed by atoms with Gasteiger partial charge in [-0.15, -0.1) is 0 Å². The number of halogens is 1. The summed E-state index contributed by atoms with van der Waals surface area (Å²) in [5.41, 5.74) is 2.97. The molecule has 0 aliphatic carbocycles. The quantitative estimate of drug-likeness (QED) is 0.652. The minimum absolute atomic E-state index is 0.421. The molecule has 2 atom stereocenters. The largest absolute Gasteiger partial charge is 0.417 e. The third-order valence-corrected chi connectivity index (χ3v) is 5.91. The lowest BCUT2D eigenvalue weighted by Gasteiger charge is -2.33. The average molecular weight is 401 g/mol. The van der Waals surface area contributed by atoms with Gasteiger partial charge in [-0.3, -0.25) is 4.98 Å². The van der Waals surface area contributed by atoms with Crippen LogP contribution in [0.5, 0.6) is 0 Å². The molecule has 2 N–H and O–H groups in total. The van der Waals surface area contributed by atoms with Gasteiger partial charge in [-0.25, -0.2) is 4.79 Å². The molecular weight excluding hydrogens is 376 g/mol. The van der Waals surface area contributed by atoms with E-state index in [9.17, 15) is 9.90 Å². The first kappa shape index (κ1) is 19.2. The fraction of sp³-hybridized carbons (Fsp3) is 0.409. The van der Waals surface area contributed by atoms with Crippen molar-refractivity contribution in [3.8, 4) is 0 Å². The predicted molar refractivity (Wildman–Crippen MR) is 111 cm³/mol. The fourth-order valence-electron chi connectivity index (χ4n) is 4.17. The second kappa shape index (κ2) is 8.52. The van der Waals surface area contributed by atoms with Gasteiger partial charge >= 0.3 is 5.76 Å². The summed E-state index contributed by atoms with van der Waals surface area (Å²) in [6.07, 6.45) is 3.46. The van der Waals surface area contributed by atoms with Crippen molar-refractivity contribution in [3.05, 3.63) is 69.2 Å². The van der Waals surface area contributed by atoms with Crippen LogP contribution < -0.4 is 5.76 Å². The summed E-state index contributed by atoms with van der Waals surface area (Å²) in [5, 5.41) is 11.1. The van der Waals surface area contributed by atoms with E-state index in [1.807, 2.05) is 0 Å². The summed E-state index contributed by atoms with van der Waals surface area (Å²) in [6, 6.07) is 13.9. The van der Waals surface area contributed by atoms with Gasteiger partial charge in [0.2, 0.25) is 0 Å². The Morgan fingerprint density at radius 3 is 2.93 bits per heavy atom. The number of hydrogen-bond donors (Lipinski definition) is 2. The van der Waals surface area contributed by atoms with E-state index in [0.717, 1.165) is 26.1 Å². The third-order valence-electron chi connectivity index (χ3n) is 5.59. The van der Waals surface area contributed by atoms with Crippen LogP contribution in [0, 0.1) is 5.92 Å². The number of fused-ring (bicyclic) bond motifs is 1. The smallest absolute Gasteiger partial charge is 0.408 e. The van der Waals surface area contributed by atoms with Gasteiger partial charge in [0.15, 0.2) is 5.58 Å². The molecule has 6 heteroatoms. The number of likely N-dealkylation sites (tertiary alicyclic amines) is 1. The molecule has 0 saturated carbocycles. The van der Waals surface area contributed by atoms with Crippen LogP contribution in [0.4, 0.5) is 0 Å². The molecule has 1 aromatic heterocycles. The molecule has 0 bridgehead atoms. The molecule has 28 heavy (non-hydrogen) atoms. The number of nitrogens with one attached hydrogen (secondary N) is 1. The van der Waals surface area contributed by atoms with Crippen molar-refractivity contribution >= 4 is 22.7 Å². The molecule has 4 rings (SSSR count). The van der Waals surface area contributed by atoms with Crippen LogP contribution in [-0.4, -0.2) is 34.6 Å². The Bertz CT molecular complexity index is 982. The van der Waals surface area contributed by atoms with Gasteiger partial charge in [0.05, 0.1) is 11.6 Å². The molecule has 1 fully saturated rings. The molecule has 1 aliphatic rings. The third kappa shape index (κ3) is 4.49. The lowest BCUT2D eigenvalue weighted by molar-refractivity contribution is 0.118. The Hall–Kier alpha value is -2.08.